The van der Waals surface area contributed by atoms with Gasteiger partial charge in [0.05, 0.1) is 0 Å². The van der Waals surface area contributed by atoms with Crippen molar-refractivity contribution >= 4 is 16.9 Å². The Morgan fingerprint density at radius 2 is 1.07 bits per heavy atom. The lowest BCUT2D eigenvalue weighted by Gasteiger charge is -2.39. The zero-order valence-electron chi connectivity index (χ0n) is 13.6. The first kappa shape index (κ1) is 18.9. The van der Waals surface area contributed by atoms with Gasteiger partial charge in [-0.2, -0.15) is 26.3 Å². The van der Waals surface area contributed by atoms with Gasteiger partial charge in [0.15, 0.2) is 5.78 Å². The number of carbonyl (C=O) groups excluding carboxylic acids is 1. The lowest BCUT2D eigenvalue weighted by atomic mass is 9.68. The molecule has 0 radical (unpaired) electrons. The predicted molar refractivity (Wildman–Crippen MR) is 88.4 cm³/mol. The molecule has 0 fully saturated rings. The molecule has 0 saturated carbocycles. The number of alkyl halides is 6. The van der Waals surface area contributed by atoms with Crippen molar-refractivity contribution in [2.75, 3.05) is 0 Å². The molecule has 0 spiro atoms. The van der Waals surface area contributed by atoms with Gasteiger partial charge in [0.25, 0.3) is 0 Å². The fourth-order valence-corrected chi connectivity index (χ4v) is 3.15. The summed E-state index contributed by atoms with van der Waals surface area (Å²) in [5.74, 6) is -2.05. The van der Waals surface area contributed by atoms with Crippen molar-refractivity contribution < 1.29 is 31.1 Å². The van der Waals surface area contributed by atoms with Gasteiger partial charge in [-0.1, -0.05) is 60.7 Å². The van der Waals surface area contributed by atoms with E-state index in [9.17, 15) is 31.1 Å². The second-order valence-electron chi connectivity index (χ2n) is 6.00. The minimum Gasteiger partial charge on any atom is -0.293 e. The third-order valence-corrected chi connectivity index (χ3v) is 4.40. The summed E-state index contributed by atoms with van der Waals surface area (Å²) in [6.45, 7) is 0. The van der Waals surface area contributed by atoms with E-state index in [4.69, 9.17) is 0 Å². The lowest BCUT2D eigenvalue weighted by molar-refractivity contribution is -0.300. The molecule has 27 heavy (non-hydrogen) atoms. The normalized spacial score (nSPS) is 17.3. The van der Waals surface area contributed by atoms with Crippen molar-refractivity contribution in [3.8, 4) is 0 Å². The number of hydrogen-bond donors (Lipinski definition) is 0. The molecule has 0 aliphatic heterocycles. The van der Waals surface area contributed by atoms with Gasteiger partial charge in [-0.05, 0) is 34.4 Å². The minimum absolute atomic E-state index is 0.0106. The van der Waals surface area contributed by atoms with Crippen molar-refractivity contribution in [3.05, 3.63) is 83.9 Å². The largest absolute Gasteiger partial charge is 0.414 e. The Balaban J connectivity index is 2.34. The van der Waals surface area contributed by atoms with Crippen LogP contribution in [-0.4, -0.2) is 18.1 Å². The second-order valence-corrected chi connectivity index (χ2v) is 6.00. The van der Waals surface area contributed by atoms with Crippen LogP contribution in [0.3, 0.4) is 0 Å². The third-order valence-electron chi connectivity index (χ3n) is 4.40. The Bertz CT molecular complexity index is 891. The number of hydrogen-bond acceptors (Lipinski definition) is 1. The average Bonchev–Trinajstić information content (AvgIpc) is 2.60. The molecule has 2 aromatic carbocycles. The van der Waals surface area contributed by atoms with Crippen LogP contribution in [0.4, 0.5) is 26.3 Å². The molecule has 3 rings (SSSR count). The molecule has 0 amide bonds. The van der Waals surface area contributed by atoms with Crippen LogP contribution in [0.2, 0.25) is 0 Å². The first-order valence-electron chi connectivity index (χ1n) is 7.81. The molecule has 140 valence electrons. The highest BCUT2D eigenvalue weighted by Crippen LogP contribution is 2.60. The Morgan fingerprint density at radius 3 is 1.52 bits per heavy atom. The molecule has 0 atom stereocenters. The molecule has 0 heterocycles. The van der Waals surface area contributed by atoms with Gasteiger partial charge in [-0.3, -0.25) is 4.79 Å². The number of allylic oxidation sites excluding steroid dienone is 4. The summed E-state index contributed by atoms with van der Waals surface area (Å²) in [6.07, 6.45) is -10.5. The zero-order chi connectivity index (χ0) is 19.9. The van der Waals surface area contributed by atoms with E-state index < -0.39 is 29.1 Å². The third kappa shape index (κ3) is 2.97. The molecule has 0 saturated heterocycles. The quantitative estimate of drug-likeness (QED) is 0.596. The van der Waals surface area contributed by atoms with Gasteiger partial charge in [-0.15, -0.1) is 0 Å². The summed E-state index contributed by atoms with van der Waals surface area (Å²) < 4.78 is 82.8. The Hall–Kier alpha value is -2.83. The number of carbonyl (C=O) groups is 1. The summed E-state index contributed by atoms with van der Waals surface area (Å²) in [5.41, 5.74) is -5.73. The van der Waals surface area contributed by atoms with Crippen molar-refractivity contribution in [1.82, 2.24) is 0 Å². The molecule has 2 aromatic rings. The molecule has 0 bridgehead atoms. The Kier molecular flexibility index (Phi) is 4.49. The summed E-state index contributed by atoms with van der Waals surface area (Å²) in [7, 11) is 0. The van der Waals surface area contributed by atoms with Gasteiger partial charge >= 0.3 is 12.4 Å². The number of halogens is 6. The number of ketones is 1. The maximum absolute atomic E-state index is 13.8. The Labute approximate surface area is 150 Å². The summed E-state index contributed by atoms with van der Waals surface area (Å²) >= 11 is 0. The minimum atomic E-state index is -5.86. The highest BCUT2D eigenvalue weighted by Gasteiger charge is 2.77. The monoisotopic (exact) mass is 382 g/mol. The van der Waals surface area contributed by atoms with Crippen LogP contribution in [0.25, 0.3) is 11.1 Å². The van der Waals surface area contributed by atoms with E-state index in [1.807, 2.05) is 0 Å². The maximum atomic E-state index is 13.8. The van der Waals surface area contributed by atoms with Gasteiger partial charge in [0, 0.05) is 0 Å². The highest BCUT2D eigenvalue weighted by atomic mass is 19.4. The van der Waals surface area contributed by atoms with E-state index in [1.165, 1.54) is 30.3 Å². The zero-order valence-corrected chi connectivity index (χ0v) is 13.6. The van der Waals surface area contributed by atoms with E-state index in [2.05, 4.69) is 0 Å². The van der Waals surface area contributed by atoms with Crippen LogP contribution in [0.5, 0.6) is 0 Å². The molecular weight excluding hydrogens is 370 g/mol. The molecule has 1 aliphatic rings. The van der Waals surface area contributed by atoms with Crippen LogP contribution in [-0.2, 0) is 4.79 Å². The highest BCUT2D eigenvalue weighted by molar-refractivity contribution is 6.15. The van der Waals surface area contributed by atoms with Crippen molar-refractivity contribution in [2.45, 2.75) is 12.4 Å². The first-order valence-corrected chi connectivity index (χ1v) is 7.81. The molecule has 1 aliphatic carbocycles. The molecule has 0 aromatic heterocycles. The maximum Gasteiger partial charge on any atom is 0.414 e. The number of benzene rings is 2. The fraction of sp³-hybridized carbons (Fsp3) is 0.150. The van der Waals surface area contributed by atoms with E-state index in [0.717, 1.165) is 18.2 Å². The van der Waals surface area contributed by atoms with Crippen LogP contribution < -0.4 is 0 Å². The van der Waals surface area contributed by atoms with Crippen molar-refractivity contribution in [1.29, 1.82) is 0 Å². The number of rotatable bonds is 2. The van der Waals surface area contributed by atoms with E-state index >= 15 is 0 Å². The van der Waals surface area contributed by atoms with E-state index in [0.29, 0.717) is 11.6 Å². The van der Waals surface area contributed by atoms with Gasteiger partial charge in [0.1, 0.15) is 0 Å². The average molecular weight is 382 g/mol. The van der Waals surface area contributed by atoms with Crippen LogP contribution in [0.1, 0.15) is 11.1 Å². The summed E-state index contributed by atoms with van der Waals surface area (Å²) in [4.78, 5) is 12.4. The van der Waals surface area contributed by atoms with Gasteiger partial charge in [0.2, 0.25) is 5.41 Å². The van der Waals surface area contributed by atoms with E-state index in [-0.39, 0.29) is 11.1 Å². The molecule has 1 nitrogen and oxygen atoms in total. The smallest absolute Gasteiger partial charge is 0.293 e. The molecular formula is C20H12F6O. The lowest BCUT2D eigenvalue weighted by Crippen LogP contribution is -2.56. The molecule has 0 unspecified atom stereocenters. The Morgan fingerprint density at radius 1 is 0.630 bits per heavy atom. The van der Waals surface area contributed by atoms with E-state index in [1.54, 1.807) is 18.2 Å². The standard InChI is InChI=1S/C20H12F6O/c21-19(22,23)18(20(24,25)26)16(14-9-5-2-6-10-14)11-15(12-17(18)27)13-7-3-1-4-8-13/h1-12H. The van der Waals surface area contributed by atoms with Crippen LogP contribution >= 0.6 is 0 Å². The molecule has 0 N–H and O–H groups in total. The predicted octanol–water partition coefficient (Wildman–Crippen LogP) is 5.85. The second kappa shape index (κ2) is 6.40. The van der Waals surface area contributed by atoms with Crippen molar-refractivity contribution in [3.63, 3.8) is 0 Å². The van der Waals surface area contributed by atoms with Gasteiger partial charge < -0.3 is 0 Å². The van der Waals surface area contributed by atoms with Crippen molar-refractivity contribution in [2.24, 2.45) is 5.41 Å². The fourth-order valence-electron chi connectivity index (χ4n) is 3.15. The summed E-state index contributed by atoms with van der Waals surface area (Å²) in [6, 6.07) is 14.2. The SMILES string of the molecule is O=C1C=C(c2ccccc2)C=C(c2ccccc2)C1(C(F)(F)F)C(F)(F)F. The first-order chi connectivity index (χ1) is 12.6. The van der Waals surface area contributed by atoms with Gasteiger partial charge in [-0.25, -0.2) is 0 Å². The molecule has 7 heteroatoms. The van der Waals surface area contributed by atoms with Crippen LogP contribution in [0.15, 0.2) is 72.8 Å². The summed E-state index contributed by atoms with van der Waals surface area (Å²) in [5, 5.41) is 0. The topological polar surface area (TPSA) is 17.1 Å². The van der Waals surface area contributed by atoms with Crippen LogP contribution in [0, 0.1) is 5.41 Å².